The van der Waals surface area contributed by atoms with Gasteiger partial charge in [0.1, 0.15) is 4.88 Å². The maximum Gasteiger partial charge on any atom is 0.265 e. The first kappa shape index (κ1) is 18.4. The Morgan fingerprint density at radius 3 is 2.27 bits per heavy atom. The van der Waals surface area contributed by atoms with Crippen molar-refractivity contribution in [1.29, 1.82) is 0 Å². The number of rotatable bonds is 2. The standard InChI is InChI=1S/C18H17Cl3N2O2S/c19-11-8-12(20)14-13(9-11)26-16(15(14)21)18(25)23-6-4-22(5-7-23)17(24)10-2-1-3-10/h8-10H,1-7H2. The Morgan fingerprint density at radius 1 is 1.00 bits per heavy atom. The van der Waals surface area contributed by atoms with E-state index in [1.54, 1.807) is 17.0 Å². The number of nitrogens with zero attached hydrogens (tertiary/aromatic N) is 2. The van der Waals surface area contributed by atoms with Gasteiger partial charge in [0.15, 0.2) is 0 Å². The SMILES string of the molecule is O=C(c1sc2cc(Cl)cc(Cl)c2c1Cl)N1CCN(C(=O)C2CCC2)CC1. The number of carbonyl (C=O) groups is 2. The summed E-state index contributed by atoms with van der Waals surface area (Å²) in [7, 11) is 0. The number of hydrogen-bond acceptors (Lipinski definition) is 3. The van der Waals surface area contributed by atoms with Crippen LogP contribution in [-0.2, 0) is 4.79 Å². The highest BCUT2D eigenvalue weighted by Gasteiger charge is 2.33. The van der Waals surface area contributed by atoms with E-state index in [2.05, 4.69) is 0 Å². The summed E-state index contributed by atoms with van der Waals surface area (Å²) in [4.78, 5) is 29.4. The zero-order valence-electron chi connectivity index (χ0n) is 13.9. The minimum absolute atomic E-state index is 0.112. The van der Waals surface area contributed by atoms with Crippen molar-refractivity contribution in [2.75, 3.05) is 26.2 Å². The lowest BCUT2D eigenvalue weighted by atomic mass is 9.84. The van der Waals surface area contributed by atoms with Crippen molar-refractivity contribution in [2.24, 2.45) is 5.92 Å². The molecule has 0 unspecified atom stereocenters. The Labute approximate surface area is 170 Å². The van der Waals surface area contributed by atoms with Gasteiger partial charge in [-0.2, -0.15) is 0 Å². The number of piperazine rings is 1. The van der Waals surface area contributed by atoms with E-state index in [9.17, 15) is 9.59 Å². The van der Waals surface area contributed by atoms with E-state index < -0.39 is 0 Å². The molecule has 1 aliphatic heterocycles. The summed E-state index contributed by atoms with van der Waals surface area (Å²) in [5.74, 6) is 0.324. The summed E-state index contributed by atoms with van der Waals surface area (Å²) in [6.07, 6.45) is 3.14. The molecule has 1 aliphatic carbocycles. The first-order valence-corrected chi connectivity index (χ1v) is 10.6. The summed E-state index contributed by atoms with van der Waals surface area (Å²) < 4.78 is 0.801. The van der Waals surface area contributed by atoms with Crippen LogP contribution in [0.5, 0.6) is 0 Å². The molecule has 0 atom stereocenters. The highest BCUT2D eigenvalue weighted by atomic mass is 35.5. The van der Waals surface area contributed by atoms with Crippen molar-refractivity contribution in [1.82, 2.24) is 9.80 Å². The van der Waals surface area contributed by atoms with Gasteiger partial charge < -0.3 is 9.80 Å². The van der Waals surface area contributed by atoms with Crippen molar-refractivity contribution in [2.45, 2.75) is 19.3 Å². The summed E-state index contributed by atoms with van der Waals surface area (Å²) in [5.41, 5.74) is 0. The fourth-order valence-corrected chi connectivity index (χ4v) is 5.78. The van der Waals surface area contributed by atoms with Gasteiger partial charge in [-0.1, -0.05) is 41.2 Å². The molecule has 2 aromatic rings. The minimum atomic E-state index is -0.112. The maximum absolute atomic E-state index is 12.9. The van der Waals surface area contributed by atoms with Crippen LogP contribution >= 0.6 is 46.1 Å². The molecule has 1 saturated heterocycles. The van der Waals surface area contributed by atoms with Crippen LogP contribution in [0.2, 0.25) is 15.1 Å². The fourth-order valence-electron chi connectivity index (χ4n) is 3.44. The van der Waals surface area contributed by atoms with E-state index in [0.29, 0.717) is 51.5 Å². The second kappa shape index (κ2) is 7.19. The van der Waals surface area contributed by atoms with Gasteiger partial charge in [-0.05, 0) is 25.0 Å². The van der Waals surface area contributed by atoms with E-state index in [1.165, 1.54) is 11.3 Å². The summed E-state index contributed by atoms with van der Waals surface area (Å²) >= 11 is 20.0. The number of thiophene rings is 1. The molecule has 8 heteroatoms. The molecule has 2 aliphatic rings. The number of benzene rings is 1. The molecule has 138 valence electrons. The second-order valence-corrected chi connectivity index (χ2v) is 9.03. The third-order valence-electron chi connectivity index (χ3n) is 5.18. The summed E-state index contributed by atoms with van der Waals surface area (Å²) in [6.45, 7) is 2.21. The van der Waals surface area contributed by atoms with Gasteiger partial charge in [0.2, 0.25) is 5.91 Å². The largest absolute Gasteiger partial charge is 0.339 e. The van der Waals surface area contributed by atoms with Crippen molar-refractivity contribution in [3.05, 3.63) is 32.1 Å². The smallest absolute Gasteiger partial charge is 0.265 e. The molecule has 1 aromatic carbocycles. The van der Waals surface area contributed by atoms with Crippen LogP contribution in [0.3, 0.4) is 0 Å². The van der Waals surface area contributed by atoms with Gasteiger partial charge in [0.05, 0.1) is 10.0 Å². The number of carbonyl (C=O) groups excluding carboxylic acids is 2. The quantitative estimate of drug-likeness (QED) is 0.675. The zero-order valence-corrected chi connectivity index (χ0v) is 17.0. The summed E-state index contributed by atoms with van der Waals surface area (Å²) in [6, 6.07) is 3.40. The molecule has 4 rings (SSSR count). The molecule has 1 aromatic heterocycles. The lowest BCUT2D eigenvalue weighted by Gasteiger charge is -2.38. The van der Waals surface area contributed by atoms with Crippen molar-refractivity contribution in [3.63, 3.8) is 0 Å². The van der Waals surface area contributed by atoms with Gasteiger partial charge in [0, 0.05) is 47.2 Å². The van der Waals surface area contributed by atoms with Crippen LogP contribution in [-0.4, -0.2) is 47.8 Å². The number of halogens is 3. The lowest BCUT2D eigenvalue weighted by Crippen LogP contribution is -2.52. The molecule has 2 fully saturated rings. The zero-order chi connectivity index (χ0) is 18.4. The van der Waals surface area contributed by atoms with Crippen molar-refractivity contribution >= 4 is 68.0 Å². The van der Waals surface area contributed by atoms with Crippen LogP contribution in [0.15, 0.2) is 12.1 Å². The average molecular weight is 432 g/mol. The molecular formula is C18H17Cl3N2O2S. The monoisotopic (exact) mass is 430 g/mol. The predicted octanol–water partition coefficient (Wildman–Crippen LogP) is 4.95. The van der Waals surface area contributed by atoms with E-state index >= 15 is 0 Å². The van der Waals surface area contributed by atoms with E-state index in [-0.39, 0.29) is 17.7 Å². The van der Waals surface area contributed by atoms with E-state index in [4.69, 9.17) is 34.8 Å². The first-order valence-electron chi connectivity index (χ1n) is 8.61. The highest BCUT2D eigenvalue weighted by Crippen LogP contribution is 2.41. The number of hydrogen-bond donors (Lipinski definition) is 0. The first-order chi connectivity index (χ1) is 12.5. The molecular weight excluding hydrogens is 415 g/mol. The Kier molecular flexibility index (Phi) is 5.08. The number of amides is 2. The molecule has 0 radical (unpaired) electrons. The van der Waals surface area contributed by atoms with Crippen LogP contribution in [0.25, 0.3) is 10.1 Å². The van der Waals surface area contributed by atoms with Gasteiger partial charge in [-0.25, -0.2) is 0 Å². The molecule has 26 heavy (non-hydrogen) atoms. The van der Waals surface area contributed by atoms with Crippen LogP contribution in [0.1, 0.15) is 28.9 Å². The Hall–Kier alpha value is -1.01. The lowest BCUT2D eigenvalue weighted by molar-refractivity contribution is -0.139. The van der Waals surface area contributed by atoms with Gasteiger partial charge in [-0.3, -0.25) is 9.59 Å². The molecule has 2 amide bonds. The van der Waals surface area contributed by atoms with Crippen molar-refractivity contribution in [3.8, 4) is 0 Å². The third-order valence-corrected chi connectivity index (χ3v) is 7.31. The third kappa shape index (κ3) is 3.19. The molecule has 0 bridgehead atoms. The van der Waals surface area contributed by atoms with Gasteiger partial charge >= 0.3 is 0 Å². The van der Waals surface area contributed by atoms with Gasteiger partial charge in [-0.15, -0.1) is 11.3 Å². The van der Waals surface area contributed by atoms with Crippen LogP contribution in [0.4, 0.5) is 0 Å². The molecule has 4 nitrogen and oxygen atoms in total. The van der Waals surface area contributed by atoms with E-state index in [0.717, 1.165) is 24.0 Å². The summed E-state index contributed by atoms with van der Waals surface area (Å²) in [5, 5.41) is 2.01. The molecule has 1 saturated carbocycles. The normalized spacial score (nSPS) is 18.3. The predicted molar refractivity (Wildman–Crippen MR) is 107 cm³/mol. The fraction of sp³-hybridized carbons (Fsp3) is 0.444. The Bertz CT molecular complexity index is 886. The van der Waals surface area contributed by atoms with Gasteiger partial charge in [0.25, 0.3) is 5.91 Å². The molecule has 0 spiro atoms. The highest BCUT2D eigenvalue weighted by molar-refractivity contribution is 7.21. The average Bonchev–Trinajstić information content (AvgIpc) is 2.89. The minimum Gasteiger partial charge on any atom is -0.339 e. The van der Waals surface area contributed by atoms with Crippen LogP contribution in [0, 0.1) is 5.92 Å². The molecule has 2 heterocycles. The van der Waals surface area contributed by atoms with E-state index in [1.807, 2.05) is 4.90 Å². The topological polar surface area (TPSA) is 40.6 Å². The Balaban J connectivity index is 1.50. The van der Waals surface area contributed by atoms with Crippen molar-refractivity contribution < 1.29 is 9.59 Å². The second-order valence-electron chi connectivity index (χ2n) is 6.75. The Morgan fingerprint density at radius 2 is 1.65 bits per heavy atom. The molecule has 0 N–H and O–H groups in total. The number of fused-ring (bicyclic) bond motifs is 1. The van der Waals surface area contributed by atoms with Crippen LogP contribution < -0.4 is 0 Å². The maximum atomic E-state index is 12.9.